The van der Waals surface area contributed by atoms with Gasteiger partial charge in [0.05, 0.1) is 6.20 Å². The summed E-state index contributed by atoms with van der Waals surface area (Å²) >= 11 is 0. The molecule has 2 heterocycles. The second-order valence-electron chi connectivity index (χ2n) is 6.38. The summed E-state index contributed by atoms with van der Waals surface area (Å²) in [5.41, 5.74) is 3.18. The first kappa shape index (κ1) is 16.3. The van der Waals surface area contributed by atoms with Crippen LogP contribution in [0.2, 0.25) is 0 Å². The number of hydrogen-bond acceptors (Lipinski definition) is 6. The SMILES string of the molecule is c1ccc(Nc2cnnc(Nc3ccc(N4CCCCC4)cc3)n2)cc1. The molecule has 0 unspecified atom stereocenters. The first-order valence-electron chi connectivity index (χ1n) is 9.01. The van der Waals surface area contributed by atoms with Gasteiger partial charge < -0.3 is 15.5 Å². The maximum absolute atomic E-state index is 4.47. The summed E-state index contributed by atoms with van der Waals surface area (Å²) in [6.07, 6.45) is 5.51. The Morgan fingerprint density at radius 1 is 0.769 bits per heavy atom. The molecule has 6 nitrogen and oxygen atoms in total. The lowest BCUT2D eigenvalue weighted by atomic mass is 10.1. The largest absolute Gasteiger partial charge is 0.372 e. The van der Waals surface area contributed by atoms with Crippen LogP contribution in [0.4, 0.5) is 28.8 Å². The third-order valence-corrected chi connectivity index (χ3v) is 4.45. The molecule has 2 N–H and O–H groups in total. The van der Waals surface area contributed by atoms with Gasteiger partial charge >= 0.3 is 0 Å². The van der Waals surface area contributed by atoms with Crippen LogP contribution in [0.5, 0.6) is 0 Å². The average molecular weight is 346 g/mol. The van der Waals surface area contributed by atoms with E-state index in [9.17, 15) is 0 Å². The highest BCUT2D eigenvalue weighted by Gasteiger charge is 2.10. The number of aromatic nitrogens is 3. The van der Waals surface area contributed by atoms with Crippen molar-refractivity contribution < 1.29 is 0 Å². The van der Waals surface area contributed by atoms with Gasteiger partial charge in [0.15, 0.2) is 5.82 Å². The van der Waals surface area contributed by atoms with Gasteiger partial charge in [-0.05, 0) is 55.7 Å². The average Bonchev–Trinajstić information content (AvgIpc) is 2.70. The molecule has 4 rings (SSSR count). The molecule has 0 atom stereocenters. The number of rotatable bonds is 5. The summed E-state index contributed by atoms with van der Waals surface area (Å²) in [4.78, 5) is 6.91. The summed E-state index contributed by atoms with van der Waals surface area (Å²) < 4.78 is 0. The van der Waals surface area contributed by atoms with E-state index in [-0.39, 0.29) is 0 Å². The van der Waals surface area contributed by atoms with Crippen LogP contribution in [-0.2, 0) is 0 Å². The molecular weight excluding hydrogens is 324 g/mol. The van der Waals surface area contributed by atoms with Crippen LogP contribution in [0.1, 0.15) is 19.3 Å². The standard InChI is InChI=1S/C20H22N6/c1-3-7-16(8-4-1)22-19-15-21-25-20(24-19)23-17-9-11-18(12-10-17)26-13-5-2-6-14-26/h1,3-4,7-12,15H,2,5-6,13-14H2,(H2,22,23,24,25). The Morgan fingerprint density at radius 3 is 2.27 bits per heavy atom. The molecular formula is C20H22N6. The van der Waals surface area contributed by atoms with Crippen molar-refractivity contribution in [2.24, 2.45) is 0 Å². The van der Waals surface area contributed by atoms with Gasteiger partial charge in [0.1, 0.15) is 0 Å². The smallest absolute Gasteiger partial charge is 0.249 e. The van der Waals surface area contributed by atoms with Gasteiger partial charge in [-0.15, -0.1) is 5.10 Å². The zero-order chi connectivity index (χ0) is 17.6. The Bertz CT molecular complexity index is 828. The Kier molecular flexibility index (Phi) is 4.91. The molecule has 1 saturated heterocycles. The fourth-order valence-corrected chi connectivity index (χ4v) is 3.12. The van der Waals surface area contributed by atoms with Gasteiger partial charge in [0.2, 0.25) is 5.95 Å². The fraction of sp³-hybridized carbons (Fsp3) is 0.250. The molecule has 2 aromatic carbocycles. The predicted octanol–water partition coefficient (Wildman–Crippen LogP) is 4.35. The molecule has 3 aromatic rings. The maximum Gasteiger partial charge on any atom is 0.249 e. The van der Waals surface area contributed by atoms with Gasteiger partial charge in [-0.2, -0.15) is 10.1 Å². The molecule has 0 aliphatic carbocycles. The molecule has 1 fully saturated rings. The quantitative estimate of drug-likeness (QED) is 0.716. The van der Waals surface area contributed by atoms with E-state index in [0.717, 1.165) is 24.5 Å². The van der Waals surface area contributed by atoms with Crippen molar-refractivity contribution in [2.75, 3.05) is 28.6 Å². The Hall–Kier alpha value is -3.15. The second kappa shape index (κ2) is 7.82. The van der Waals surface area contributed by atoms with E-state index < -0.39 is 0 Å². The zero-order valence-electron chi connectivity index (χ0n) is 14.6. The van der Waals surface area contributed by atoms with Gasteiger partial charge in [0.25, 0.3) is 0 Å². The summed E-state index contributed by atoms with van der Waals surface area (Å²) in [6, 6.07) is 18.3. The first-order chi connectivity index (χ1) is 12.9. The van der Waals surface area contributed by atoms with E-state index in [1.165, 1.54) is 24.9 Å². The van der Waals surface area contributed by atoms with Gasteiger partial charge in [0, 0.05) is 30.2 Å². The lowest BCUT2D eigenvalue weighted by molar-refractivity contribution is 0.578. The summed E-state index contributed by atoms with van der Waals surface area (Å²) in [5, 5.41) is 14.5. The second-order valence-corrected chi connectivity index (χ2v) is 6.38. The van der Waals surface area contributed by atoms with E-state index in [4.69, 9.17) is 0 Å². The Morgan fingerprint density at radius 2 is 1.50 bits per heavy atom. The van der Waals surface area contributed by atoms with Gasteiger partial charge in [-0.1, -0.05) is 18.2 Å². The summed E-state index contributed by atoms with van der Waals surface area (Å²) in [7, 11) is 0. The Labute approximate surface area is 153 Å². The highest BCUT2D eigenvalue weighted by Crippen LogP contribution is 2.23. The van der Waals surface area contributed by atoms with E-state index in [0.29, 0.717) is 11.8 Å². The van der Waals surface area contributed by atoms with Gasteiger partial charge in [-0.3, -0.25) is 0 Å². The van der Waals surface area contributed by atoms with Gasteiger partial charge in [-0.25, -0.2) is 0 Å². The first-order valence-corrected chi connectivity index (χ1v) is 9.01. The minimum atomic E-state index is 0.469. The molecule has 0 amide bonds. The molecule has 0 radical (unpaired) electrons. The highest BCUT2D eigenvalue weighted by molar-refractivity contribution is 5.61. The number of benzene rings is 2. The molecule has 6 heteroatoms. The van der Waals surface area contributed by atoms with Crippen molar-refractivity contribution >= 4 is 28.8 Å². The maximum atomic E-state index is 4.47. The minimum Gasteiger partial charge on any atom is -0.372 e. The summed E-state index contributed by atoms with van der Waals surface area (Å²) in [6.45, 7) is 2.29. The minimum absolute atomic E-state index is 0.469. The van der Waals surface area contributed by atoms with Crippen LogP contribution in [0.3, 0.4) is 0 Å². The highest BCUT2D eigenvalue weighted by atomic mass is 15.3. The number of nitrogens with zero attached hydrogens (tertiary/aromatic N) is 4. The van der Waals surface area contributed by atoms with Crippen molar-refractivity contribution in [1.82, 2.24) is 15.2 Å². The molecule has 1 aliphatic heterocycles. The number of anilines is 5. The normalized spacial score (nSPS) is 14.1. The van der Waals surface area contributed by atoms with Crippen molar-refractivity contribution in [2.45, 2.75) is 19.3 Å². The monoisotopic (exact) mass is 346 g/mol. The van der Waals surface area contributed by atoms with Crippen LogP contribution in [0, 0.1) is 0 Å². The van der Waals surface area contributed by atoms with Crippen LogP contribution in [0.25, 0.3) is 0 Å². The van der Waals surface area contributed by atoms with Crippen molar-refractivity contribution in [3.05, 3.63) is 60.8 Å². The number of nitrogens with one attached hydrogen (secondary N) is 2. The zero-order valence-corrected chi connectivity index (χ0v) is 14.6. The molecule has 26 heavy (non-hydrogen) atoms. The molecule has 0 spiro atoms. The third-order valence-electron chi connectivity index (χ3n) is 4.45. The van der Waals surface area contributed by atoms with E-state index in [1.54, 1.807) is 6.20 Å². The van der Waals surface area contributed by atoms with Crippen LogP contribution in [-0.4, -0.2) is 28.3 Å². The van der Waals surface area contributed by atoms with Crippen LogP contribution >= 0.6 is 0 Å². The molecule has 0 saturated carbocycles. The topological polar surface area (TPSA) is 66.0 Å². The van der Waals surface area contributed by atoms with Crippen molar-refractivity contribution in [1.29, 1.82) is 0 Å². The van der Waals surface area contributed by atoms with Crippen molar-refractivity contribution in [3.8, 4) is 0 Å². The lowest BCUT2D eigenvalue weighted by Crippen LogP contribution is -2.29. The van der Waals surface area contributed by atoms with Crippen LogP contribution < -0.4 is 15.5 Å². The molecule has 1 aliphatic rings. The number of piperidine rings is 1. The number of hydrogen-bond donors (Lipinski definition) is 2. The molecule has 0 bridgehead atoms. The van der Waals surface area contributed by atoms with Crippen LogP contribution in [0.15, 0.2) is 60.8 Å². The number of para-hydroxylation sites is 1. The van der Waals surface area contributed by atoms with E-state index >= 15 is 0 Å². The summed E-state index contributed by atoms with van der Waals surface area (Å²) in [5.74, 6) is 1.12. The van der Waals surface area contributed by atoms with Crippen molar-refractivity contribution in [3.63, 3.8) is 0 Å². The third kappa shape index (κ3) is 4.08. The molecule has 1 aromatic heterocycles. The molecule has 132 valence electrons. The Balaban J connectivity index is 1.43. The van der Waals surface area contributed by atoms with E-state index in [2.05, 4.69) is 55.0 Å². The van der Waals surface area contributed by atoms with E-state index in [1.807, 2.05) is 30.3 Å². The lowest BCUT2D eigenvalue weighted by Gasteiger charge is -2.28. The fourth-order valence-electron chi connectivity index (χ4n) is 3.12. The predicted molar refractivity (Wildman–Crippen MR) is 105 cm³/mol.